The highest BCUT2D eigenvalue weighted by atomic mass is 19.4. The monoisotopic (exact) mass is 471 g/mol. The number of benzene rings is 2. The van der Waals surface area contributed by atoms with Crippen molar-refractivity contribution in [1.82, 2.24) is 15.3 Å². The Bertz CT molecular complexity index is 1160. The molecule has 2 N–H and O–H groups in total. The first-order valence-corrected chi connectivity index (χ1v) is 11.4. The van der Waals surface area contributed by atoms with Crippen molar-refractivity contribution in [2.75, 3.05) is 24.3 Å². The lowest BCUT2D eigenvalue weighted by atomic mass is 9.85. The second-order valence-corrected chi connectivity index (χ2v) is 8.85. The van der Waals surface area contributed by atoms with E-state index in [4.69, 9.17) is 0 Å². The van der Waals surface area contributed by atoms with Gasteiger partial charge >= 0.3 is 6.18 Å². The number of nitrogens with zero attached hydrogens (tertiary/aromatic N) is 3. The van der Waals surface area contributed by atoms with Crippen molar-refractivity contribution >= 4 is 28.6 Å². The highest BCUT2D eigenvalue weighted by Crippen LogP contribution is 2.32. The lowest BCUT2D eigenvalue weighted by Gasteiger charge is -2.29. The number of hydrogen-bond donors (Lipinski definition) is 2. The number of anilines is 2. The topological polar surface area (TPSA) is 70.2 Å². The maximum absolute atomic E-state index is 13.2. The lowest BCUT2D eigenvalue weighted by molar-refractivity contribution is -0.138. The quantitative estimate of drug-likeness (QED) is 0.529. The number of carbonyl (C=O) groups excluding carboxylic acids is 1. The predicted molar refractivity (Wildman–Crippen MR) is 127 cm³/mol. The Balaban J connectivity index is 1.34. The van der Waals surface area contributed by atoms with E-state index in [1.165, 1.54) is 12.1 Å². The van der Waals surface area contributed by atoms with Crippen LogP contribution in [0.4, 0.5) is 24.9 Å². The van der Waals surface area contributed by atoms with Crippen molar-refractivity contribution < 1.29 is 18.0 Å². The van der Waals surface area contributed by atoms with Gasteiger partial charge in [-0.15, -0.1) is 0 Å². The number of para-hydroxylation sites is 1. The highest BCUT2D eigenvalue weighted by Gasteiger charge is 2.33. The Morgan fingerprint density at radius 3 is 2.38 bits per heavy atom. The normalized spacial score (nSPS) is 18.5. The number of aromatic nitrogens is 2. The van der Waals surface area contributed by atoms with E-state index in [0.29, 0.717) is 18.8 Å². The summed E-state index contributed by atoms with van der Waals surface area (Å²) in [6.45, 7) is -0.134. The summed E-state index contributed by atoms with van der Waals surface area (Å²) in [5.74, 6) is 0.970. The molecular weight excluding hydrogens is 443 g/mol. The number of halogens is 3. The van der Waals surface area contributed by atoms with Gasteiger partial charge in [0.25, 0.3) is 0 Å². The average Bonchev–Trinajstić information content (AvgIpc) is 2.82. The Kier molecular flexibility index (Phi) is 6.90. The largest absolute Gasteiger partial charge is 0.416 e. The minimum atomic E-state index is -4.44. The molecule has 2 aromatic carbocycles. The third kappa shape index (κ3) is 5.40. The van der Waals surface area contributed by atoms with Gasteiger partial charge in [-0.2, -0.15) is 18.2 Å². The summed E-state index contributed by atoms with van der Waals surface area (Å²) < 4.78 is 39.5. The first-order valence-electron chi connectivity index (χ1n) is 11.4. The molecule has 9 heteroatoms. The number of carbonyl (C=O) groups is 1. The van der Waals surface area contributed by atoms with Crippen LogP contribution in [-0.4, -0.2) is 36.0 Å². The van der Waals surface area contributed by atoms with E-state index in [1.54, 1.807) is 6.07 Å². The number of nitrogens with one attached hydrogen (secondary N) is 2. The zero-order chi connectivity index (χ0) is 24.3. The third-order valence-corrected chi connectivity index (χ3v) is 6.21. The Morgan fingerprint density at radius 2 is 1.68 bits per heavy atom. The molecule has 180 valence electrons. The van der Waals surface area contributed by atoms with Crippen LogP contribution >= 0.6 is 0 Å². The van der Waals surface area contributed by atoms with Gasteiger partial charge in [0.1, 0.15) is 5.82 Å². The van der Waals surface area contributed by atoms with Crippen LogP contribution in [0.1, 0.15) is 36.8 Å². The molecule has 0 bridgehead atoms. The van der Waals surface area contributed by atoms with Gasteiger partial charge in [-0.1, -0.05) is 30.3 Å². The van der Waals surface area contributed by atoms with E-state index < -0.39 is 11.7 Å². The number of rotatable bonds is 6. The highest BCUT2D eigenvalue weighted by molar-refractivity contribution is 5.90. The van der Waals surface area contributed by atoms with Gasteiger partial charge in [0.05, 0.1) is 11.1 Å². The first-order chi connectivity index (χ1) is 16.2. The van der Waals surface area contributed by atoms with Gasteiger partial charge in [-0.25, -0.2) is 4.98 Å². The molecule has 0 spiro atoms. The van der Waals surface area contributed by atoms with E-state index in [-0.39, 0.29) is 30.0 Å². The van der Waals surface area contributed by atoms with Gasteiger partial charge in [0, 0.05) is 38.0 Å². The van der Waals surface area contributed by atoms with Crippen molar-refractivity contribution in [2.24, 2.45) is 5.92 Å². The average molecular weight is 472 g/mol. The summed E-state index contributed by atoms with van der Waals surface area (Å²) in [7, 11) is 3.88. The van der Waals surface area contributed by atoms with E-state index >= 15 is 0 Å². The van der Waals surface area contributed by atoms with Gasteiger partial charge in [-0.05, 0) is 49.4 Å². The van der Waals surface area contributed by atoms with Crippen molar-refractivity contribution in [3.63, 3.8) is 0 Å². The fourth-order valence-electron chi connectivity index (χ4n) is 4.43. The molecule has 0 saturated heterocycles. The Hall–Kier alpha value is -3.36. The molecule has 34 heavy (non-hydrogen) atoms. The molecule has 1 saturated carbocycles. The van der Waals surface area contributed by atoms with Crippen molar-refractivity contribution in [3.8, 4) is 0 Å². The molecule has 1 heterocycles. The second kappa shape index (κ2) is 9.87. The van der Waals surface area contributed by atoms with E-state index in [0.717, 1.165) is 35.6 Å². The van der Waals surface area contributed by atoms with Crippen LogP contribution in [-0.2, 0) is 17.5 Å². The summed E-state index contributed by atoms with van der Waals surface area (Å²) in [4.78, 5) is 23.9. The second-order valence-electron chi connectivity index (χ2n) is 8.85. The van der Waals surface area contributed by atoms with Crippen LogP contribution in [0.25, 0.3) is 10.9 Å². The molecule has 1 aromatic heterocycles. The SMILES string of the molecule is CN(C)c1nc(N[C@H]2CC[C@@H](C(=O)NCc3ccccc3C(F)(F)F)CC2)nc2ccccc12. The van der Waals surface area contributed by atoms with Gasteiger partial charge in [0.2, 0.25) is 11.9 Å². The maximum atomic E-state index is 13.2. The predicted octanol–water partition coefficient (Wildman–Crippen LogP) is 5.00. The molecule has 6 nitrogen and oxygen atoms in total. The summed E-state index contributed by atoms with van der Waals surface area (Å²) in [5, 5.41) is 7.08. The molecule has 3 aromatic rings. The zero-order valence-corrected chi connectivity index (χ0v) is 19.2. The van der Waals surface area contributed by atoms with Crippen LogP contribution in [0.3, 0.4) is 0 Å². The fourth-order valence-corrected chi connectivity index (χ4v) is 4.43. The number of hydrogen-bond acceptors (Lipinski definition) is 5. The Morgan fingerprint density at radius 1 is 1.00 bits per heavy atom. The number of amides is 1. The first kappa shape index (κ1) is 23.8. The number of alkyl halides is 3. The van der Waals surface area contributed by atoms with Crippen LogP contribution < -0.4 is 15.5 Å². The van der Waals surface area contributed by atoms with Crippen LogP contribution in [0.15, 0.2) is 48.5 Å². The molecule has 0 aliphatic heterocycles. The van der Waals surface area contributed by atoms with Gasteiger partial charge in [0.15, 0.2) is 0 Å². The minimum absolute atomic E-state index is 0.0730. The zero-order valence-electron chi connectivity index (χ0n) is 19.2. The Labute approximate surface area is 196 Å². The molecule has 4 rings (SSSR count). The van der Waals surface area contributed by atoms with E-state index in [9.17, 15) is 18.0 Å². The molecule has 1 aliphatic rings. The van der Waals surface area contributed by atoms with Crippen LogP contribution in [0.5, 0.6) is 0 Å². The molecule has 0 radical (unpaired) electrons. The van der Waals surface area contributed by atoms with E-state index in [1.807, 2.05) is 43.3 Å². The standard InChI is InChI=1S/C25H28F3N5O/c1-33(2)22-19-8-4-6-10-21(19)31-24(32-22)30-18-13-11-16(12-14-18)23(34)29-15-17-7-3-5-9-20(17)25(26,27)28/h3-10,16,18H,11-15H2,1-2H3,(H,29,34)(H,30,31,32)/t16-,18+. The molecular formula is C25H28F3N5O. The van der Waals surface area contributed by atoms with Crippen molar-refractivity contribution in [3.05, 3.63) is 59.7 Å². The molecule has 1 aliphatic carbocycles. The minimum Gasteiger partial charge on any atom is -0.362 e. The summed E-state index contributed by atoms with van der Waals surface area (Å²) in [5.41, 5.74) is 0.218. The molecule has 0 unspecified atom stereocenters. The van der Waals surface area contributed by atoms with Gasteiger partial charge < -0.3 is 15.5 Å². The maximum Gasteiger partial charge on any atom is 0.416 e. The van der Waals surface area contributed by atoms with E-state index in [2.05, 4.69) is 20.6 Å². The fraction of sp³-hybridized carbons (Fsp3) is 0.400. The molecule has 1 amide bonds. The van der Waals surface area contributed by atoms with Gasteiger partial charge in [-0.3, -0.25) is 4.79 Å². The summed E-state index contributed by atoms with van der Waals surface area (Å²) >= 11 is 0. The van der Waals surface area contributed by atoms with Crippen LogP contribution in [0.2, 0.25) is 0 Å². The summed E-state index contributed by atoms with van der Waals surface area (Å²) in [6, 6.07) is 13.3. The van der Waals surface area contributed by atoms with Crippen LogP contribution in [0, 0.1) is 5.92 Å². The molecule has 1 fully saturated rings. The molecule has 0 atom stereocenters. The number of fused-ring (bicyclic) bond motifs is 1. The van der Waals surface area contributed by atoms with Crippen molar-refractivity contribution in [1.29, 1.82) is 0 Å². The third-order valence-electron chi connectivity index (χ3n) is 6.21. The summed E-state index contributed by atoms with van der Waals surface area (Å²) in [6.07, 6.45) is -1.63. The van der Waals surface area contributed by atoms with Crippen molar-refractivity contribution in [2.45, 2.75) is 44.4 Å². The lowest BCUT2D eigenvalue weighted by Crippen LogP contribution is -2.36. The smallest absolute Gasteiger partial charge is 0.362 e.